The molecule has 0 aliphatic rings. The van der Waals surface area contributed by atoms with Crippen LogP contribution in [0.15, 0.2) is 24.3 Å². The van der Waals surface area contributed by atoms with E-state index in [1.807, 2.05) is 16.8 Å². The zero-order valence-electron chi connectivity index (χ0n) is 12.8. The molecule has 1 N–H and O–H groups in total. The molecule has 0 amide bonds. The largest absolute Gasteiger partial charge is 0.497 e. The first-order valence-electron chi connectivity index (χ1n) is 7.18. The lowest BCUT2D eigenvalue weighted by atomic mass is 10.2. The maximum atomic E-state index is 9.38. The molecule has 1 heterocycles. The number of ether oxygens (including phenoxy) is 2. The van der Waals surface area contributed by atoms with E-state index in [4.69, 9.17) is 9.47 Å². The van der Waals surface area contributed by atoms with Crippen LogP contribution < -0.4 is 9.47 Å². The fraction of sp³-hybridized carbons (Fsp3) is 0.438. The van der Waals surface area contributed by atoms with Crippen LogP contribution in [0, 0.1) is 0 Å². The molecule has 0 fully saturated rings. The summed E-state index contributed by atoms with van der Waals surface area (Å²) in [5, 5.41) is 13.9. The van der Waals surface area contributed by atoms with Gasteiger partial charge in [0.2, 0.25) is 0 Å². The summed E-state index contributed by atoms with van der Waals surface area (Å²) in [7, 11) is 1.61. The van der Waals surface area contributed by atoms with E-state index in [0.29, 0.717) is 18.1 Å². The summed E-state index contributed by atoms with van der Waals surface area (Å²) in [4.78, 5) is 0. The number of methoxy groups -OCH3 is 1. The van der Waals surface area contributed by atoms with E-state index in [1.165, 1.54) is 0 Å². The van der Waals surface area contributed by atoms with Crippen molar-refractivity contribution in [2.24, 2.45) is 0 Å². The van der Waals surface area contributed by atoms with E-state index < -0.39 is 0 Å². The van der Waals surface area contributed by atoms with Crippen molar-refractivity contribution < 1.29 is 14.6 Å². The lowest BCUT2D eigenvalue weighted by Crippen LogP contribution is -2.07. The number of nitrogens with zero attached hydrogens (tertiary/aromatic N) is 2. The fourth-order valence-electron chi connectivity index (χ4n) is 2.16. The van der Waals surface area contributed by atoms with Crippen molar-refractivity contribution in [2.75, 3.05) is 7.11 Å². The van der Waals surface area contributed by atoms with Gasteiger partial charge in [-0.3, -0.25) is 4.68 Å². The Morgan fingerprint density at radius 1 is 1.24 bits per heavy atom. The van der Waals surface area contributed by atoms with Gasteiger partial charge < -0.3 is 14.6 Å². The number of benzene rings is 1. The number of aromatic nitrogens is 2. The molecule has 0 atom stereocenters. The van der Waals surface area contributed by atoms with Gasteiger partial charge in [0.25, 0.3) is 0 Å². The normalized spacial score (nSPS) is 10.7. The Kier molecular flexibility index (Phi) is 5.22. The predicted octanol–water partition coefficient (Wildman–Crippen LogP) is 2.55. The van der Waals surface area contributed by atoms with Gasteiger partial charge in [-0.05, 0) is 31.5 Å². The highest BCUT2D eigenvalue weighted by Crippen LogP contribution is 2.25. The highest BCUT2D eigenvalue weighted by molar-refractivity contribution is 5.40. The standard InChI is InChI=1S/C16H22N2O3/c1-4-13-8-14(18(5-2)17-13)11-21-16-9-15(20-3)7-6-12(16)10-19/h6-9,19H,4-5,10-11H2,1-3H3. The maximum absolute atomic E-state index is 9.38. The molecule has 0 aliphatic carbocycles. The summed E-state index contributed by atoms with van der Waals surface area (Å²) in [6.45, 7) is 5.30. The molecular formula is C16H22N2O3. The highest BCUT2D eigenvalue weighted by atomic mass is 16.5. The van der Waals surface area contributed by atoms with Crippen LogP contribution in [-0.4, -0.2) is 22.0 Å². The van der Waals surface area contributed by atoms with Gasteiger partial charge >= 0.3 is 0 Å². The number of hydrogen-bond donors (Lipinski definition) is 1. The summed E-state index contributed by atoms with van der Waals surface area (Å²) < 4.78 is 13.0. The van der Waals surface area contributed by atoms with Gasteiger partial charge in [-0.1, -0.05) is 6.92 Å². The van der Waals surface area contributed by atoms with Crippen molar-refractivity contribution in [2.45, 2.75) is 40.0 Å². The first kappa shape index (κ1) is 15.4. The minimum atomic E-state index is -0.0629. The van der Waals surface area contributed by atoms with Gasteiger partial charge in [-0.15, -0.1) is 0 Å². The van der Waals surface area contributed by atoms with Gasteiger partial charge in [0.1, 0.15) is 18.1 Å². The molecule has 5 nitrogen and oxygen atoms in total. The first-order chi connectivity index (χ1) is 10.2. The quantitative estimate of drug-likeness (QED) is 0.851. The van der Waals surface area contributed by atoms with E-state index in [9.17, 15) is 5.11 Å². The molecular weight excluding hydrogens is 268 g/mol. The van der Waals surface area contributed by atoms with E-state index in [2.05, 4.69) is 25.0 Å². The maximum Gasteiger partial charge on any atom is 0.130 e. The third-order valence-corrected chi connectivity index (χ3v) is 3.40. The SMILES string of the molecule is CCc1cc(COc2cc(OC)ccc2CO)n(CC)n1. The molecule has 0 saturated carbocycles. The fourth-order valence-corrected chi connectivity index (χ4v) is 2.16. The van der Waals surface area contributed by atoms with Crippen LogP contribution in [0.1, 0.15) is 30.8 Å². The molecule has 0 bridgehead atoms. The van der Waals surface area contributed by atoms with Crippen LogP contribution in [0.2, 0.25) is 0 Å². The van der Waals surface area contributed by atoms with Crippen LogP contribution in [0.25, 0.3) is 0 Å². The predicted molar refractivity (Wildman–Crippen MR) is 80.5 cm³/mol. The molecule has 21 heavy (non-hydrogen) atoms. The highest BCUT2D eigenvalue weighted by Gasteiger charge is 2.09. The lowest BCUT2D eigenvalue weighted by molar-refractivity contribution is 0.253. The van der Waals surface area contributed by atoms with Gasteiger partial charge in [0.15, 0.2) is 0 Å². The minimum absolute atomic E-state index is 0.0629. The number of rotatable bonds is 7. The van der Waals surface area contributed by atoms with Crippen LogP contribution in [0.4, 0.5) is 0 Å². The van der Waals surface area contributed by atoms with Crippen molar-refractivity contribution in [1.29, 1.82) is 0 Å². The molecule has 2 rings (SSSR count). The molecule has 114 valence electrons. The molecule has 0 radical (unpaired) electrons. The van der Waals surface area contributed by atoms with E-state index in [0.717, 1.165) is 29.9 Å². The van der Waals surface area contributed by atoms with Gasteiger partial charge in [0.05, 0.1) is 25.1 Å². The van der Waals surface area contributed by atoms with Gasteiger partial charge in [-0.25, -0.2) is 0 Å². The van der Waals surface area contributed by atoms with E-state index >= 15 is 0 Å². The Morgan fingerprint density at radius 2 is 2.05 bits per heavy atom. The molecule has 0 aliphatic heterocycles. The summed E-state index contributed by atoms with van der Waals surface area (Å²) >= 11 is 0. The zero-order chi connectivity index (χ0) is 15.2. The van der Waals surface area contributed by atoms with Crippen LogP contribution in [-0.2, 0) is 26.2 Å². The van der Waals surface area contributed by atoms with Crippen molar-refractivity contribution in [1.82, 2.24) is 9.78 Å². The second-order valence-electron chi connectivity index (χ2n) is 4.72. The number of aliphatic hydroxyl groups excluding tert-OH is 1. The monoisotopic (exact) mass is 290 g/mol. The lowest BCUT2D eigenvalue weighted by Gasteiger charge is -2.12. The average Bonchev–Trinajstić information content (AvgIpc) is 2.94. The molecule has 0 saturated heterocycles. The third-order valence-electron chi connectivity index (χ3n) is 3.40. The van der Waals surface area contributed by atoms with Crippen molar-refractivity contribution in [3.8, 4) is 11.5 Å². The van der Waals surface area contributed by atoms with Crippen LogP contribution in [0.3, 0.4) is 0 Å². The Bertz CT molecular complexity index is 593. The number of aliphatic hydroxyl groups is 1. The minimum Gasteiger partial charge on any atom is -0.497 e. The summed E-state index contributed by atoms with van der Waals surface area (Å²) in [6.07, 6.45) is 0.904. The Balaban J connectivity index is 2.17. The topological polar surface area (TPSA) is 56.5 Å². The van der Waals surface area contributed by atoms with E-state index in [1.54, 1.807) is 13.2 Å². The van der Waals surface area contributed by atoms with Gasteiger partial charge in [0, 0.05) is 18.2 Å². The Hall–Kier alpha value is -2.01. The van der Waals surface area contributed by atoms with E-state index in [-0.39, 0.29) is 6.61 Å². The van der Waals surface area contributed by atoms with Crippen molar-refractivity contribution in [3.05, 3.63) is 41.2 Å². The molecule has 0 unspecified atom stereocenters. The van der Waals surface area contributed by atoms with Crippen LogP contribution in [0.5, 0.6) is 11.5 Å². The van der Waals surface area contributed by atoms with Gasteiger partial charge in [-0.2, -0.15) is 5.10 Å². The second kappa shape index (κ2) is 7.13. The summed E-state index contributed by atoms with van der Waals surface area (Å²) in [5.41, 5.74) is 2.83. The summed E-state index contributed by atoms with van der Waals surface area (Å²) in [5.74, 6) is 1.35. The molecule has 5 heteroatoms. The molecule has 2 aromatic rings. The third kappa shape index (κ3) is 3.55. The van der Waals surface area contributed by atoms with Crippen molar-refractivity contribution in [3.63, 3.8) is 0 Å². The molecule has 0 spiro atoms. The Labute approximate surface area is 125 Å². The zero-order valence-corrected chi connectivity index (χ0v) is 12.8. The number of aryl methyl sites for hydroxylation is 2. The average molecular weight is 290 g/mol. The smallest absolute Gasteiger partial charge is 0.130 e. The molecule has 1 aromatic carbocycles. The van der Waals surface area contributed by atoms with Crippen LogP contribution >= 0.6 is 0 Å². The number of hydrogen-bond acceptors (Lipinski definition) is 4. The summed E-state index contributed by atoms with van der Waals surface area (Å²) in [6, 6.07) is 7.47. The first-order valence-corrected chi connectivity index (χ1v) is 7.18. The second-order valence-corrected chi connectivity index (χ2v) is 4.72. The van der Waals surface area contributed by atoms with Crippen molar-refractivity contribution >= 4 is 0 Å². The molecule has 1 aromatic heterocycles. The Morgan fingerprint density at radius 3 is 2.67 bits per heavy atom.